The number of aliphatic hydroxyl groups excluding tert-OH is 1. The first-order chi connectivity index (χ1) is 32.5. The first-order valence-corrected chi connectivity index (χ1v) is 23.8. The highest BCUT2D eigenvalue weighted by atomic mass is 35.5. The number of nitrogens with zero attached hydrogens (tertiary/aromatic N) is 7. The zero-order chi connectivity index (χ0) is 47.4. The van der Waals surface area contributed by atoms with Crippen molar-refractivity contribution in [1.29, 1.82) is 0 Å². The van der Waals surface area contributed by atoms with E-state index in [1.54, 1.807) is 44.6 Å². The monoisotopic (exact) mass is 971 g/mol. The number of hydrogen-bond donors (Lipinski definition) is 5. The highest BCUT2D eigenvalue weighted by Crippen LogP contribution is 2.31. The van der Waals surface area contributed by atoms with E-state index in [0.29, 0.717) is 64.0 Å². The molecule has 6 aromatic rings. The Morgan fingerprint density at radius 2 is 1.07 bits per heavy atom. The van der Waals surface area contributed by atoms with Gasteiger partial charge >= 0.3 is 6.01 Å². The van der Waals surface area contributed by atoms with Gasteiger partial charge in [0.25, 0.3) is 0 Å². The fourth-order valence-corrected chi connectivity index (χ4v) is 8.28. The molecule has 0 saturated heterocycles. The van der Waals surface area contributed by atoms with Gasteiger partial charge in [0.1, 0.15) is 18.1 Å². The summed E-state index contributed by atoms with van der Waals surface area (Å²) >= 11 is 18.5. The van der Waals surface area contributed by atoms with E-state index in [2.05, 4.69) is 75.2 Å². The Hall–Kier alpha value is -5.74. The van der Waals surface area contributed by atoms with Crippen molar-refractivity contribution in [3.8, 4) is 17.5 Å². The molecule has 5 N–H and O–H groups in total. The van der Waals surface area contributed by atoms with Crippen LogP contribution >= 0.6 is 34.8 Å². The standard InChI is InChI=1S/C25H30ClN5O2.C17H21Cl2N5O.C7H9NO/c1-17-8-7-9-18(14-17)16-33-25-30-23(27-19-10-5-3-4-6-11-19)29-24(31-25)28-20-12-13-22(32-2)21(26)15-20;1-25-14-9-8-12(10-13(14)18)21-17-23-15(19)22-16(24-17)20-11-6-4-2-3-5-7-11;1-6-3-2-4-7(5-9)8-6/h7-9,12-15,19H,3-6,10-11,16H2,1-2H3,(H2,27,28,29,30,31);8-11H,2-7H2,1H3,(H2,20,21,22,23,24);2-4,9H,5H2,1H3. The number of methoxy groups -OCH3 is 2. The lowest BCUT2D eigenvalue weighted by atomic mass is 10.1. The molecule has 0 atom stereocenters. The molecule has 2 aliphatic carbocycles. The predicted octanol–water partition coefficient (Wildman–Crippen LogP) is 12.2. The second-order valence-electron chi connectivity index (χ2n) is 16.3. The Balaban J connectivity index is 0.000000191. The molecule has 2 saturated carbocycles. The Bertz CT molecular complexity index is 2470. The molecular formula is C49H60Cl3N11O4. The van der Waals surface area contributed by atoms with Gasteiger partial charge in [-0.15, -0.1) is 0 Å². The third kappa shape index (κ3) is 17.1. The van der Waals surface area contributed by atoms with Crippen molar-refractivity contribution in [3.63, 3.8) is 0 Å². The number of aryl methyl sites for hydroxylation is 2. The highest BCUT2D eigenvalue weighted by molar-refractivity contribution is 6.32. The molecule has 0 unspecified atom stereocenters. The van der Waals surface area contributed by atoms with Crippen LogP contribution in [0.4, 0.5) is 35.2 Å². The number of rotatable bonds is 14. The summed E-state index contributed by atoms with van der Waals surface area (Å²) in [4.78, 5) is 30.4. The summed E-state index contributed by atoms with van der Waals surface area (Å²) in [5, 5.41) is 22.9. The molecule has 356 valence electrons. The summed E-state index contributed by atoms with van der Waals surface area (Å²) in [6.07, 6.45) is 14.5. The minimum absolute atomic E-state index is 0.0294. The highest BCUT2D eigenvalue weighted by Gasteiger charge is 2.17. The molecule has 0 bridgehead atoms. The number of hydrogen-bond acceptors (Lipinski definition) is 15. The number of pyridine rings is 1. The van der Waals surface area contributed by atoms with E-state index in [-0.39, 0.29) is 17.9 Å². The topological polar surface area (TPSA) is 186 Å². The van der Waals surface area contributed by atoms with Crippen LogP contribution in [0, 0.1) is 13.8 Å². The van der Waals surface area contributed by atoms with Crippen LogP contribution in [0.15, 0.2) is 78.9 Å². The molecular weight excluding hydrogens is 913 g/mol. The average Bonchev–Trinajstić information content (AvgIpc) is 3.74. The van der Waals surface area contributed by atoms with Crippen LogP contribution in [0.2, 0.25) is 15.3 Å². The van der Waals surface area contributed by atoms with Crippen LogP contribution in [0.3, 0.4) is 0 Å². The van der Waals surface area contributed by atoms with Crippen LogP contribution < -0.4 is 35.5 Å². The molecule has 8 rings (SSSR count). The number of aromatic nitrogens is 7. The van der Waals surface area contributed by atoms with Crippen molar-refractivity contribution in [2.75, 3.05) is 35.5 Å². The van der Waals surface area contributed by atoms with Crippen molar-refractivity contribution in [1.82, 2.24) is 34.9 Å². The molecule has 0 spiro atoms. The normalized spacial score (nSPS) is 14.1. The van der Waals surface area contributed by atoms with E-state index in [1.165, 1.54) is 56.9 Å². The maximum Gasteiger partial charge on any atom is 0.323 e. The molecule has 3 aromatic carbocycles. The zero-order valence-corrected chi connectivity index (χ0v) is 40.8. The van der Waals surface area contributed by atoms with E-state index in [9.17, 15) is 0 Å². The van der Waals surface area contributed by atoms with E-state index < -0.39 is 0 Å². The van der Waals surface area contributed by atoms with Crippen molar-refractivity contribution in [2.45, 2.75) is 116 Å². The minimum Gasteiger partial charge on any atom is -0.495 e. The van der Waals surface area contributed by atoms with Gasteiger partial charge in [0.2, 0.25) is 29.1 Å². The number of anilines is 6. The maximum atomic E-state index is 8.60. The summed E-state index contributed by atoms with van der Waals surface area (Å²) in [7, 11) is 3.16. The van der Waals surface area contributed by atoms with Gasteiger partial charge in [-0.25, -0.2) is 0 Å². The Morgan fingerprint density at radius 1 is 0.567 bits per heavy atom. The zero-order valence-electron chi connectivity index (χ0n) is 38.5. The number of nitrogens with one attached hydrogen (secondary N) is 4. The first kappa shape index (κ1) is 50.7. The first-order valence-electron chi connectivity index (χ1n) is 22.7. The van der Waals surface area contributed by atoms with Gasteiger partial charge < -0.3 is 40.6 Å². The molecule has 15 nitrogen and oxygen atoms in total. The van der Waals surface area contributed by atoms with E-state index >= 15 is 0 Å². The van der Waals surface area contributed by atoms with E-state index in [1.807, 2.05) is 43.3 Å². The van der Waals surface area contributed by atoms with Gasteiger partial charge in [0.15, 0.2) is 0 Å². The van der Waals surface area contributed by atoms with Crippen LogP contribution in [-0.2, 0) is 13.2 Å². The van der Waals surface area contributed by atoms with Crippen LogP contribution in [0.25, 0.3) is 0 Å². The summed E-state index contributed by atoms with van der Waals surface area (Å²) in [6, 6.07) is 25.6. The minimum atomic E-state index is 0.0294. The lowest BCUT2D eigenvalue weighted by molar-refractivity contribution is 0.276. The molecule has 2 aliphatic rings. The molecule has 0 radical (unpaired) electrons. The summed E-state index contributed by atoms with van der Waals surface area (Å²) in [6.45, 7) is 4.37. The quantitative estimate of drug-likeness (QED) is 0.0649. The van der Waals surface area contributed by atoms with Gasteiger partial charge in [0.05, 0.1) is 36.6 Å². The molecule has 0 aliphatic heterocycles. The Morgan fingerprint density at radius 3 is 1.57 bits per heavy atom. The van der Waals surface area contributed by atoms with Crippen molar-refractivity contribution >= 4 is 70.0 Å². The van der Waals surface area contributed by atoms with Gasteiger partial charge in [-0.2, -0.15) is 29.9 Å². The number of aliphatic hydroxyl groups is 1. The average molecular weight is 973 g/mol. The Labute approximate surface area is 408 Å². The summed E-state index contributed by atoms with van der Waals surface area (Å²) in [5.74, 6) is 2.98. The molecule has 18 heteroatoms. The van der Waals surface area contributed by atoms with Gasteiger partial charge in [0, 0.05) is 29.2 Å². The lowest BCUT2D eigenvalue weighted by Gasteiger charge is -2.17. The second-order valence-corrected chi connectivity index (χ2v) is 17.5. The van der Waals surface area contributed by atoms with Crippen LogP contribution in [0.1, 0.15) is 99.6 Å². The number of benzene rings is 3. The fraction of sp³-hybridized carbons (Fsp3) is 0.408. The summed E-state index contributed by atoms with van der Waals surface area (Å²) < 4.78 is 16.3. The number of ether oxygens (including phenoxy) is 3. The van der Waals surface area contributed by atoms with Gasteiger partial charge in [-0.3, -0.25) is 4.98 Å². The molecule has 3 heterocycles. The second kappa shape index (κ2) is 26.6. The van der Waals surface area contributed by atoms with E-state index in [4.69, 9.17) is 54.1 Å². The van der Waals surface area contributed by atoms with Gasteiger partial charge in [-0.1, -0.05) is 110 Å². The third-order valence-corrected chi connectivity index (χ3v) is 11.7. The third-order valence-electron chi connectivity index (χ3n) is 11.0. The maximum absolute atomic E-state index is 8.60. The molecule has 2 fully saturated rings. The van der Waals surface area contributed by atoms with Crippen molar-refractivity contribution < 1.29 is 19.3 Å². The molecule has 67 heavy (non-hydrogen) atoms. The van der Waals surface area contributed by atoms with Crippen LogP contribution in [0.5, 0.6) is 17.5 Å². The van der Waals surface area contributed by atoms with Gasteiger partial charge in [-0.05, 0) is 105 Å². The van der Waals surface area contributed by atoms with Crippen LogP contribution in [-0.4, -0.2) is 66.3 Å². The number of halogens is 3. The SMILES string of the molecule is COc1ccc(Nc2nc(Cl)nc(NC3CCCCCC3)n2)cc1Cl.COc1ccc(Nc2nc(NC3CCCCCC3)nc(OCc3cccc(C)c3)n2)cc1Cl.Cc1cccc(CO)n1. The van der Waals surface area contributed by atoms with Crippen molar-refractivity contribution in [2.24, 2.45) is 0 Å². The predicted molar refractivity (Wildman–Crippen MR) is 268 cm³/mol. The van der Waals surface area contributed by atoms with E-state index in [0.717, 1.165) is 54.0 Å². The molecule has 3 aromatic heterocycles. The fourth-order valence-electron chi connectivity index (χ4n) is 7.61. The Kier molecular flexibility index (Phi) is 20.1. The molecule has 0 amide bonds. The van der Waals surface area contributed by atoms with Crippen molar-refractivity contribution in [3.05, 3.63) is 117 Å². The smallest absolute Gasteiger partial charge is 0.323 e. The lowest BCUT2D eigenvalue weighted by Crippen LogP contribution is -2.21. The summed E-state index contributed by atoms with van der Waals surface area (Å²) in [5.41, 5.74) is 5.41. The largest absolute Gasteiger partial charge is 0.495 e.